The first kappa shape index (κ1) is 22.3. The summed E-state index contributed by atoms with van der Waals surface area (Å²) in [7, 11) is 1.33. The number of anilines is 1. The molecule has 0 bridgehead atoms. The first-order valence-corrected chi connectivity index (χ1v) is 11.3. The van der Waals surface area contributed by atoms with Crippen molar-refractivity contribution in [3.05, 3.63) is 96.1 Å². The zero-order valence-corrected chi connectivity index (χ0v) is 18.8. The molecule has 166 valence electrons. The van der Waals surface area contributed by atoms with Crippen LogP contribution in [0.1, 0.15) is 15.9 Å². The number of carbonyl (C=O) groups is 2. The van der Waals surface area contributed by atoms with Crippen molar-refractivity contribution in [2.75, 3.05) is 18.2 Å². The van der Waals surface area contributed by atoms with E-state index in [9.17, 15) is 9.59 Å². The summed E-state index contributed by atoms with van der Waals surface area (Å²) >= 11 is 1.32. The molecule has 0 aliphatic carbocycles. The number of hydrogen-bond donors (Lipinski definition) is 1. The lowest BCUT2D eigenvalue weighted by Gasteiger charge is -2.11. The molecular weight excluding hydrogens is 436 g/mol. The quantitative estimate of drug-likeness (QED) is 0.309. The topological polar surface area (TPSA) is 86.1 Å². The molecule has 8 heteroatoms. The lowest BCUT2D eigenvalue weighted by molar-refractivity contribution is -0.113. The van der Waals surface area contributed by atoms with Crippen LogP contribution < -0.4 is 5.32 Å². The van der Waals surface area contributed by atoms with Gasteiger partial charge in [0.1, 0.15) is 0 Å². The number of ether oxygens (including phenoxy) is 1. The van der Waals surface area contributed by atoms with Gasteiger partial charge >= 0.3 is 5.97 Å². The van der Waals surface area contributed by atoms with Crippen molar-refractivity contribution < 1.29 is 14.3 Å². The van der Waals surface area contributed by atoms with Gasteiger partial charge in [-0.05, 0) is 29.8 Å². The van der Waals surface area contributed by atoms with Crippen LogP contribution in [-0.4, -0.2) is 39.5 Å². The summed E-state index contributed by atoms with van der Waals surface area (Å²) in [6, 6.07) is 26.5. The van der Waals surface area contributed by atoms with Gasteiger partial charge in [-0.1, -0.05) is 72.4 Å². The summed E-state index contributed by atoms with van der Waals surface area (Å²) < 4.78 is 6.71. The first-order chi connectivity index (χ1) is 16.1. The molecule has 0 unspecified atom stereocenters. The first-order valence-electron chi connectivity index (χ1n) is 10.3. The molecule has 33 heavy (non-hydrogen) atoms. The Labute approximate surface area is 195 Å². The molecule has 0 saturated carbocycles. The Morgan fingerprint density at radius 3 is 2.24 bits per heavy atom. The number of esters is 1. The standard InChI is InChI=1S/C25H22N4O3S/c1-32-24(31)20-12-14-21(15-13-20)26-22(30)17-33-25-28-27-23(19-10-6-3-7-11-19)29(25)16-18-8-4-2-5-9-18/h2-15H,16-17H2,1H3,(H,26,30). The predicted molar refractivity (Wildman–Crippen MR) is 128 cm³/mol. The minimum absolute atomic E-state index is 0.167. The van der Waals surface area contributed by atoms with E-state index in [1.54, 1.807) is 24.3 Å². The maximum atomic E-state index is 12.5. The van der Waals surface area contributed by atoms with Crippen LogP contribution in [0.2, 0.25) is 0 Å². The number of amides is 1. The Morgan fingerprint density at radius 1 is 0.909 bits per heavy atom. The van der Waals surface area contributed by atoms with Crippen LogP contribution in [0.3, 0.4) is 0 Å². The van der Waals surface area contributed by atoms with Gasteiger partial charge in [-0.3, -0.25) is 9.36 Å². The lowest BCUT2D eigenvalue weighted by atomic mass is 10.2. The molecule has 0 radical (unpaired) electrons. The van der Waals surface area contributed by atoms with Gasteiger partial charge in [0.15, 0.2) is 11.0 Å². The molecule has 4 rings (SSSR count). The van der Waals surface area contributed by atoms with Gasteiger partial charge in [0.25, 0.3) is 0 Å². The number of methoxy groups -OCH3 is 1. The van der Waals surface area contributed by atoms with Crippen molar-refractivity contribution in [1.82, 2.24) is 14.8 Å². The molecule has 0 spiro atoms. The summed E-state index contributed by atoms with van der Waals surface area (Å²) in [6.45, 7) is 0.594. The molecule has 0 aliphatic heterocycles. The van der Waals surface area contributed by atoms with Gasteiger partial charge in [0.05, 0.1) is 25.0 Å². The fourth-order valence-corrected chi connectivity index (χ4v) is 3.98. The molecule has 7 nitrogen and oxygen atoms in total. The van der Waals surface area contributed by atoms with Gasteiger partial charge in [-0.15, -0.1) is 10.2 Å². The highest BCUT2D eigenvalue weighted by molar-refractivity contribution is 7.99. The number of hydrogen-bond acceptors (Lipinski definition) is 6. The zero-order valence-electron chi connectivity index (χ0n) is 18.0. The zero-order chi connectivity index (χ0) is 23.0. The maximum Gasteiger partial charge on any atom is 0.337 e. The van der Waals surface area contributed by atoms with E-state index in [-0.39, 0.29) is 11.7 Å². The monoisotopic (exact) mass is 458 g/mol. The minimum atomic E-state index is -0.421. The molecule has 4 aromatic rings. The summed E-state index contributed by atoms with van der Waals surface area (Å²) in [5.74, 6) is 0.318. The minimum Gasteiger partial charge on any atom is -0.465 e. The summed E-state index contributed by atoms with van der Waals surface area (Å²) in [6.07, 6.45) is 0. The average molecular weight is 459 g/mol. The molecule has 1 N–H and O–H groups in total. The lowest BCUT2D eigenvalue weighted by Crippen LogP contribution is -2.15. The Balaban J connectivity index is 1.47. The molecule has 1 amide bonds. The van der Waals surface area contributed by atoms with E-state index < -0.39 is 5.97 Å². The van der Waals surface area contributed by atoms with Gasteiger partial charge in [-0.2, -0.15) is 0 Å². The SMILES string of the molecule is COC(=O)c1ccc(NC(=O)CSc2nnc(-c3ccccc3)n2Cc2ccccc2)cc1. The highest BCUT2D eigenvalue weighted by atomic mass is 32.2. The smallest absolute Gasteiger partial charge is 0.337 e. The predicted octanol–water partition coefficient (Wildman–Crippen LogP) is 4.51. The largest absolute Gasteiger partial charge is 0.465 e. The summed E-state index contributed by atoms with van der Waals surface area (Å²) in [5, 5.41) is 12.2. The number of carbonyl (C=O) groups excluding carboxylic acids is 2. The van der Waals surface area contributed by atoms with Crippen molar-refractivity contribution in [1.29, 1.82) is 0 Å². The third kappa shape index (κ3) is 5.67. The Hall–Kier alpha value is -3.91. The molecule has 0 saturated heterocycles. The van der Waals surface area contributed by atoms with Gasteiger partial charge in [0.2, 0.25) is 5.91 Å². The molecule has 1 heterocycles. The second-order valence-corrected chi connectivity index (χ2v) is 8.09. The number of nitrogens with one attached hydrogen (secondary N) is 1. The highest BCUT2D eigenvalue weighted by Crippen LogP contribution is 2.25. The van der Waals surface area contributed by atoms with Crippen LogP contribution in [0.4, 0.5) is 5.69 Å². The number of rotatable bonds is 8. The summed E-state index contributed by atoms with van der Waals surface area (Å²) in [4.78, 5) is 24.1. The van der Waals surface area contributed by atoms with Gasteiger partial charge in [-0.25, -0.2) is 4.79 Å². The van der Waals surface area contributed by atoms with Crippen LogP contribution in [0.5, 0.6) is 0 Å². The van der Waals surface area contributed by atoms with E-state index >= 15 is 0 Å². The Kier molecular flexibility index (Phi) is 7.16. The van der Waals surface area contributed by atoms with Gasteiger partial charge < -0.3 is 10.1 Å². The van der Waals surface area contributed by atoms with Crippen LogP contribution in [0.15, 0.2) is 90.1 Å². The van der Waals surface area contributed by atoms with Crippen molar-refractivity contribution >= 4 is 29.3 Å². The second-order valence-electron chi connectivity index (χ2n) is 7.15. The fourth-order valence-electron chi connectivity index (χ4n) is 3.24. The molecule has 0 fully saturated rings. The Morgan fingerprint density at radius 2 is 1.58 bits per heavy atom. The van der Waals surface area contributed by atoms with Crippen molar-refractivity contribution in [3.63, 3.8) is 0 Å². The van der Waals surface area contributed by atoms with Crippen LogP contribution >= 0.6 is 11.8 Å². The van der Waals surface area contributed by atoms with E-state index in [1.165, 1.54) is 18.9 Å². The van der Waals surface area contributed by atoms with Crippen LogP contribution in [0, 0.1) is 0 Å². The second kappa shape index (κ2) is 10.6. The molecular formula is C25H22N4O3S. The van der Waals surface area contributed by atoms with Crippen molar-refractivity contribution in [3.8, 4) is 11.4 Å². The number of thioether (sulfide) groups is 1. The van der Waals surface area contributed by atoms with E-state index in [4.69, 9.17) is 0 Å². The fraction of sp³-hybridized carbons (Fsp3) is 0.120. The van der Waals surface area contributed by atoms with E-state index in [0.717, 1.165) is 17.0 Å². The van der Waals surface area contributed by atoms with Crippen LogP contribution in [-0.2, 0) is 16.1 Å². The van der Waals surface area contributed by atoms with Crippen LogP contribution in [0.25, 0.3) is 11.4 Å². The maximum absolute atomic E-state index is 12.5. The average Bonchev–Trinajstić information content (AvgIpc) is 3.26. The third-order valence-electron chi connectivity index (χ3n) is 4.85. The molecule has 1 aromatic heterocycles. The third-order valence-corrected chi connectivity index (χ3v) is 5.82. The van der Waals surface area contributed by atoms with E-state index in [0.29, 0.717) is 23.0 Å². The molecule has 0 aliphatic rings. The Bertz CT molecular complexity index is 1230. The highest BCUT2D eigenvalue weighted by Gasteiger charge is 2.16. The van der Waals surface area contributed by atoms with Crippen molar-refractivity contribution in [2.45, 2.75) is 11.7 Å². The number of benzene rings is 3. The number of aromatic nitrogens is 3. The van der Waals surface area contributed by atoms with E-state index in [2.05, 4.69) is 20.3 Å². The normalized spacial score (nSPS) is 10.6. The molecule has 0 atom stereocenters. The number of nitrogens with zero attached hydrogens (tertiary/aromatic N) is 3. The van der Waals surface area contributed by atoms with Gasteiger partial charge in [0, 0.05) is 11.3 Å². The molecule has 3 aromatic carbocycles. The summed E-state index contributed by atoms with van der Waals surface area (Å²) in [5.41, 5.74) is 3.10. The van der Waals surface area contributed by atoms with Crippen molar-refractivity contribution in [2.24, 2.45) is 0 Å². The van der Waals surface area contributed by atoms with E-state index in [1.807, 2.05) is 65.2 Å².